The summed E-state index contributed by atoms with van der Waals surface area (Å²) in [5.74, 6) is 0.868. The van der Waals surface area contributed by atoms with Crippen molar-refractivity contribution in [3.05, 3.63) is 0 Å². The summed E-state index contributed by atoms with van der Waals surface area (Å²) in [7, 11) is 0. The summed E-state index contributed by atoms with van der Waals surface area (Å²) in [6.07, 6.45) is 3.96. The van der Waals surface area contributed by atoms with E-state index in [9.17, 15) is 0 Å². The molecule has 1 unspecified atom stereocenters. The van der Waals surface area contributed by atoms with E-state index in [-0.39, 0.29) is 0 Å². The van der Waals surface area contributed by atoms with Crippen LogP contribution < -0.4 is 5.32 Å². The molecule has 1 saturated heterocycles. The summed E-state index contributed by atoms with van der Waals surface area (Å²) in [6.45, 7) is 8.82. The van der Waals surface area contributed by atoms with Crippen LogP contribution >= 0.6 is 12.2 Å². The Kier molecular flexibility index (Phi) is 4.66. The predicted octanol–water partition coefficient (Wildman–Crippen LogP) is 2.39. The summed E-state index contributed by atoms with van der Waals surface area (Å²) in [4.78, 5) is 2.32. The predicted molar refractivity (Wildman–Crippen MR) is 65.5 cm³/mol. The Labute approximate surface area is 93.1 Å². The van der Waals surface area contributed by atoms with Gasteiger partial charge < -0.3 is 10.2 Å². The van der Waals surface area contributed by atoms with E-state index in [4.69, 9.17) is 12.2 Å². The topological polar surface area (TPSA) is 15.3 Å². The average molecular weight is 214 g/mol. The van der Waals surface area contributed by atoms with Gasteiger partial charge in [0.05, 0.1) is 0 Å². The van der Waals surface area contributed by atoms with Gasteiger partial charge in [-0.05, 0) is 44.8 Å². The van der Waals surface area contributed by atoms with E-state index in [0.717, 1.165) is 24.1 Å². The van der Waals surface area contributed by atoms with E-state index in [2.05, 4.69) is 31.0 Å². The van der Waals surface area contributed by atoms with Gasteiger partial charge in [0.15, 0.2) is 5.11 Å². The maximum atomic E-state index is 5.34. The Hall–Kier alpha value is -0.310. The van der Waals surface area contributed by atoms with Crippen LogP contribution in [0.3, 0.4) is 0 Å². The molecule has 14 heavy (non-hydrogen) atoms. The van der Waals surface area contributed by atoms with Crippen LogP contribution in [-0.2, 0) is 0 Å². The highest BCUT2D eigenvalue weighted by atomic mass is 32.1. The number of likely N-dealkylation sites (tertiary alicyclic amines) is 1. The van der Waals surface area contributed by atoms with Crippen LogP contribution in [0.15, 0.2) is 0 Å². The molecule has 0 saturated carbocycles. The van der Waals surface area contributed by atoms with Gasteiger partial charge in [-0.25, -0.2) is 0 Å². The zero-order valence-corrected chi connectivity index (χ0v) is 10.4. The van der Waals surface area contributed by atoms with E-state index in [1.54, 1.807) is 0 Å². The van der Waals surface area contributed by atoms with Crippen molar-refractivity contribution in [2.75, 3.05) is 13.1 Å². The van der Waals surface area contributed by atoms with E-state index in [0.29, 0.717) is 6.04 Å². The Morgan fingerprint density at radius 1 is 1.57 bits per heavy atom. The molecule has 1 heterocycles. The fourth-order valence-corrected chi connectivity index (χ4v) is 2.40. The van der Waals surface area contributed by atoms with Crippen molar-refractivity contribution in [1.82, 2.24) is 10.2 Å². The van der Waals surface area contributed by atoms with Gasteiger partial charge >= 0.3 is 0 Å². The molecule has 1 atom stereocenters. The molecular weight excluding hydrogens is 192 g/mol. The van der Waals surface area contributed by atoms with Crippen LogP contribution in [0.1, 0.15) is 40.0 Å². The highest BCUT2D eigenvalue weighted by Crippen LogP contribution is 2.20. The number of thiocarbonyl (C=S) groups is 1. The normalized spacial score (nSPS) is 21.7. The molecule has 0 bridgehead atoms. The third kappa shape index (κ3) is 3.45. The highest BCUT2D eigenvalue weighted by molar-refractivity contribution is 7.80. The van der Waals surface area contributed by atoms with Gasteiger partial charge in [-0.3, -0.25) is 0 Å². The lowest BCUT2D eigenvalue weighted by Gasteiger charge is -2.22. The van der Waals surface area contributed by atoms with Crippen molar-refractivity contribution in [2.45, 2.75) is 46.1 Å². The largest absolute Gasteiger partial charge is 0.360 e. The van der Waals surface area contributed by atoms with Gasteiger partial charge in [0.1, 0.15) is 0 Å². The molecular formula is C11H22N2S. The summed E-state index contributed by atoms with van der Waals surface area (Å²) >= 11 is 5.34. The summed E-state index contributed by atoms with van der Waals surface area (Å²) in [6, 6.07) is 0.452. The van der Waals surface area contributed by atoms with E-state index in [1.807, 2.05) is 0 Å². The minimum atomic E-state index is 0.452. The van der Waals surface area contributed by atoms with Gasteiger partial charge in [-0.1, -0.05) is 13.3 Å². The van der Waals surface area contributed by atoms with Gasteiger partial charge in [-0.15, -0.1) is 0 Å². The number of nitrogens with zero attached hydrogens (tertiary/aromatic N) is 1. The Balaban J connectivity index is 2.30. The minimum absolute atomic E-state index is 0.452. The fourth-order valence-electron chi connectivity index (χ4n) is 2.00. The second kappa shape index (κ2) is 5.54. The smallest absolute Gasteiger partial charge is 0.169 e. The second-order valence-electron chi connectivity index (χ2n) is 4.49. The molecule has 1 aliphatic heterocycles. The van der Waals surface area contributed by atoms with Crippen molar-refractivity contribution >= 4 is 17.3 Å². The van der Waals surface area contributed by atoms with E-state index >= 15 is 0 Å². The van der Waals surface area contributed by atoms with Gasteiger partial charge in [-0.2, -0.15) is 0 Å². The molecule has 0 aromatic carbocycles. The molecule has 82 valence electrons. The number of nitrogens with one attached hydrogen (secondary N) is 1. The zero-order valence-electron chi connectivity index (χ0n) is 9.55. The average Bonchev–Trinajstić information content (AvgIpc) is 2.52. The number of hydrogen-bond donors (Lipinski definition) is 1. The van der Waals surface area contributed by atoms with Crippen LogP contribution in [0.25, 0.3) is 0 Å². The first-order chi connectivity index (χ1) is 6.63. The maximum Gasteiger partial charge on any atom is 0.169 e. The Bertz CT molecular complexity index is 192. The monoisotopic (exact) mass is 214 g/mol. The molecule has 1 rings (SSSR count). The quantitative estimate of drug-likeness (QED) is 0.726. The molecule has 0 spiro atoms. The lowest BCUT2D eigenvalue weighted by molar-refractivity contribution is 0.448. The number of hydrogen-bond acceptors (Lipinski definition) is 1. The summed E-state index contributed by atoms with van der Waals surface area (Å²) in [5.41, 5.74) is 0. The fraction of sp³-hybridized carbons (Fsp3) is 0.909. The summed E-state index contributed by atoms with van der Waals surface area (Å²) in [5, 5.41) is 4.25. The van der Waals surface area contributed by atoms with Gasteiger partial charge in [0.25, 0.3) is 0 Å². The third-order valence-corrected chi connectivity index (χ3v) is 3.06. The van der Waals surface area contributed by atoms with Crippen LogP contribution in [-0.4, -0.2) is 29.1 Å². The molecule has 0 radical (unpaired) electrons. The third-order valence-electron chi connectivity index (χ3n) is 2.68. The Morgan fingerprint density at radius 3 is 2.86 bits per heavy atom. The lowest BCUT2D eigenvalue weighted by atomic mass is 10.0. The molecule has 2 nitrogen and oxygen atoms in total. The second-order valence-corrected chi connectivity index (χ2v) is 4.88. The molecule has 0 amide bonds. The van der Waals surface area contributed by atoms with Crippen LogP contribution in [0, 0.1) is 5.92 Å². The van der Waals surface area contributed by atoms with Crippen molar-refractivity contribution in [2.24, 2.45) is 5.92 Å². The standard InChI is InChI=1S/C11H22N2S/c1-4-5-10-6-7-13(8-10)11(14)12-9(2)3/h9-10H,4-8H2,1-3H3,(H,12,14). The number of rotatable bonds is 3. The van der Waals surface area contributed by atoms with Crippen molar-refractivity contribution in [3.63, 3.8) is 0 Å². The maximum absolute atomic E-state index is 5.34. The van der Waals surface area contributed by atoms with Crippen LogP contribution in [0.5, 0.6) is 0 Å². The molecule has 3 heteroatoms. The lowest BCUT2D eigenvalue weighted by Crippen LogP contribution is -2.41. The first-order valence-corrected chi connectivity index (χ1v) is 6.09. The van der Waals surface area contributed by atoms with Crippen molar-refractivity contribution in [3.8, 4) is 0 Å². The molecule has 1 fully saturated rings. The van der Waals surface area contributed by atoms with Gasteiger partial charge in [0, 0.05) is 19.1 Å². The molecule has 0 aliphatic carbocycles. The van der Waals surface area contributed by atoms with E-state index in [1.165, 1.54) is 19.3 Å². The first-order valence-electron chi connectivity index (χ1n) is 5.69. The highest BCUT2D eigenvalue weighted by Gasteiger charge is 2.23. The molecule has 0 aromatic heterocycles. The first kappa shape index (κ1) is 11.8. The SMILES string of the molecule is CCCC1CCN(C(=S)NC(C)C)C1. The zero-order chi connectivity index (χ0) is 10.6. The van der Waals surface area contributed by atoms with Crippen LogP contribution in [0.4, 0.5) is 0 Å². The molecule has 1 N–H and O–H groups in total. The summed E-state index contributed by atoms with van der Waals surface area (Å²) < 4.78 is 0. The molecule has 0 aromatic rings. The van der Waals surface area contributed by atoms with Crippen molar-refractivity contribution in [1.29, 1.82) is 0 Å². The Morgan fingerprint density at radius 2 is 2.29 bits per heavy atom. The van der Waals surface area contributed by atoms with Gasteiger partial charge in [0.2, 0.25) is 0 Å². The minimum Gasteiger partial charge on any atom is -0.360 e. The van der Waals surface area contributed by atoms with Crippen molar-refractivity contribution < 1.29 is 0 Å². The molecule has 1 aliphatic rings. The van der Waals surface area contributed by atoms with E-state index < -0.39 is 0 Å². The van der Waals surface area contributed by atoms with Crippen LogP contribution in [0.2, 0.25) is 0 Å².